The Morgan fingerprint density at radius 2 is 1.90 bits per heavy atom. The van der Waals surface area contributed by atoms with E-state index in [1.54, 1.807) is 0 Å². The number of hydrogen-bond donors (Lipinski definition) is 1. The maximum atomic E-state index is 6.06. The van der Waals surface area contributed by atoms with Crippen LogP contribution in [0, 0.1) is 0 Å². The summed E-state index contributed by atoms with van der Waals surface area (Å²) < 4.78 is 1.10. The van der Waals surface area contributed by atoms with Crippen molar-refractivity contribution in [2.24, 2.45) is 0 Å². The van der Waals surface area contributed by atoms with Gasteiger partial charge in [-0.25, -0.2) is 0 Å². The summed E-state index contributed by atoms with van der Waals surface area (Å²) in [7, 11) is 0. The Morgan fingerprint density at radius 1 is 1.15 bits per heavy atom. The van der Waals surface area contributed by atoms with E-state index in [2.05, 4.69) is 58.5 Å². The van der Waals surface area contributed by atoms with Crippen molar-refractivity contribution in [2.75, 3.05) is 0 Å². The van der Waals surface area contributed by atoms with Gasteiger partial charge >= 0.3 is 0 Å². The molecule has 2 rings (SSSR count). The van der Waals surface area contributed by atoms with Gasteiger partial charge in [-0.1, -0.05) is 71.2 Å². The third-order valence-electron chi connectivity index (χ3n) is 3.33. The molecule has 0 fully saturated rings. The maximum Gasteiger partial charge on any atom is 0.0410 e. The fourth-order valence-electron chi connectivity index (χ4n) is 2.27. The van der Waals surface area contributed by atoms with Crippen LogP contribution in [0.4, 0.5) is 0 Å². The first-order valence-corrected chi connectivity index (χ1v) is 8.10. The molecule has 0 radical (unpaired) electrons. The molecule has 0 aliphatic carbocycles. The van der Waals surface area contributed by atoms with Crippen LogP contribution < -0.4 is 5.32 Å². The molecule has 0 bridgehead atoms. The molecule has 1 nitrogen and oxygen atoms in total. The van der Waals surface area contributed by atoms with Crippen molar-refractivity contribution < 1.29 is 0 Å². The molecule has 0 saturated carbocycles. The van der Waals surface area contributed by atoms with Gasteiger partial charge in [-0.15, -0.1) is 0 Å². The predicted octanol–water partition coefficient (Wildman–Crippen LogP) is 5.73. The van der Waals surface area contributed by atoms with E-state index < -0.39 is 0 Å². The van der Waals surface area contributed by atoms with Gasteiger partial charge in [0.2, 0.25) is 0 Å². The molecule has 1 N–H and O–H groups in total. The van der Waals surface area contributed by atoms with Crippen LogP contribution in [-0.2, 0) is 6.54 Å². The minimum Gasteiger partial charge on any atom is -0.306 e. The summed E-state index contributed by atoms with van der Waals surface area (Å²) in [6, 6.07) is 16.9. The standard InChI is InChI=1S/C17H19BrClN/c1-2-6-17(13-7-4-3-5-8-13)20-12-14-11-15(19)9-10-16(14)18/h3-5,7-11,17,20H,2,6,12H2,1H3. The molecule has 20 heavy (non-hydrogen) atoms. The Balaban J connectivity index is 2.07. The first-order valence-electron chi connectivity index (χ1n) is 6.93. The highest BCUT2D eigenvalue weighted by molar-refractivity contribution is 9.10. The predicted molar refractivity (Wildman–Crippen MR) is 90.1 cm³/mol. The van der Waals surface area contributed by atoms with E-state index in [0.717, 1.165) is 28.9 Å². The average molecular weight is 353 g/mol. The van der Waals surface area contributed by atoms with Crippen molar-refractivity contribution in [1.82, 2.24) is 5.32 Å². The third-order valence-corrected chi connectivity index (χ3v) is 4.33. The van der Waals surface area contributed by atoms with Crippen LogP contribution in [0.25, 0.3) is 0 Å². The zero-order chi connectivity index (χ0) is 14.4. The second kappa shape index (κ2) is 7.82. The Hall–Kier alpha value is -0.830. The van der Waals surface area contributed by atoms with Gasteiger partial charge in [-0.3, -0.25) is 0 Å². The van der Waals surface area contributed by atoms with Crippen LogP contribution in [0.15, 0.2) is 53.0 Å². The second-order valence-corrected chi connectivity index (χ2v) is 6.16. The largest absolute Gasteiger partial charge is 0.306 e. The molecule has 0 saturated heterocycles. The van der Waals surface area contributed by atoms with E-state index in [9.17, 15) is 0 Å². The van der Waals surface area contributed by atoms with E-state index >= 15 is 0 Å². The Kier molecular flexibility index (Phi) is 6.08. The number of halogens is 2. The highest BCUT2D eigenvalue weighted by Crippen LogP contribution is 2.23. The highest BCUT2D eigenvalue weighted by atomic mass is 79.9. The van der Waals surface area contributed by atoms with E-state index in [4.69, 9.17) is 11.6 Å². The summed E-state index contributed by atoms with van der Waals surface area (Å²) in [5, 5.41) is 4.41. The molecular weight excluding hydrogens is 334 g/mol. The molecule has 0 heterocycles. The van der Waals surface area contributed by atoms with Gasteiger partial charge < -0.3 is 5.32 Å². The van der Waals surface area contributed by atoms with Crippen molar-refractivity contribution in [3.63, 3.8) is 0 Å². The summed E-state index contributed by atoms with van der Waals surface area (Å²) in [5.41, 5.74) is 2.53. The van der Waals surface area contributed by atoms with Crippen molar-refractivity contribution in [3.05, 3.63) is 69.2 Å². The van der Waals surface area contributed by atoms with Gasteiger partial charge in [0, 0.05) is 22.1 Å². The van der Waals surface area contributed by atoms with Crippen LogP contribution in [0.5, 0.6) is 0 Å². The van der Waals surface area contributed by atoms with Gasteiger partial charge in [-0.05, 0) is 35.7 Å². The number of nitrogens with one attached hydrogen (secondary N) is 1. The van der Waals surface area contributed by atoms with Crippen molar-refractivity contribution in [3.8, 4) is 0 Å². The zero-order valence-corrected chi connectivity index (χ0v) is 13.9. The van der Waals surface area contributed by atoms with E-state index in [-0.39, 0.29) is 0 Å². The van der Waals surface area contributed by atoms with Gasteiger partial charge in [0.05, 0.1) is 0 Å². The molecule has 0 aliphatic heterocycles. The van der Waals surface area contributed by atoms with Crippen molar-refractivity contribution in [2.45, 2.75) is 32.4 Å². The fraction of sp³-hybridized carbons (Fsp3) is 0.294. The van der Waals surface area contributed by atoms with Crippen LogP contribution in [0.3, 0.4) is 0 Å². The lowest BCUT2D eigenvalue weighted by Gasteiger charge is -2.19. The lowest BCUT2D eigenvalue weighted by molar-refractivity contribution is 0.493. The monoisotopic (exact) mass is 351 g/mol. The molecule has 0 spiro atoms. The molecule has 0 aromatic heterocycles. The highest BCUT2D eigenvalue weighted by Gasteiger charge is 2.10. The molecule has 0 amide bonds. The topological polar surface area (TPSA) is 12.0 Å². The lowest BCUT2D eigenvalue weighted by atomic mass is 10.0. The van der Waals surface area contributed by atoms with E-state index in [1.807, 2.05) is 18.2 Å². The molecule has 2 aromatic carbocycles. The Morgan fingerprint density at radius 3 is 2.60 bits per heavy atom. The molecule has 2 aromatic rings. The first-order chi connectivity index (χ1) is 9.70. The summed E-state index contributed by atoms with van der Waals surface area (Å²) in [6.07, 6.45) is 2.28. The molecule has 1 atom stereocenters. The Bertz CT molecular complexity index is 542. The molecule has 1 unspecified atom stereocenters. The summed E-state index contributed by atoms with van der Waals surface area (Å²) >= 11 is 9.64. The minimum absolute atomic E-state index is 0.382. The van der Waals surface area contributed by atoms with Crippen LogP contribution in [0.1, 0.15) is 36.9 Å². The zero-order valence-electron chi connectivity index (χ0n) is 11.6. The van der Waals surface area contributed by atoms with Crippen LogP contribution in [-0.4, -0.2) is 0 Å². The van der Waals surface area contributed by atoms with E-state index in [0.29, 0.717) is 6.04 Å². The Labute approximate surface area is 134 Å². The first kappa shape index (κ1) is 15.6. The van der Waals surface area contributed by atoms with E-state index in [1.165, 1.54) is 11.1 Å². The summed E-state index contributed by atoms with van der Waals surface area (Å²) in [4.78, 5) is 0. The molecule has 0 aliphatic rings. The summed E-state index contributed by atoms with van der Waals surface area (Å²) in [5.74, 6) is 0. The number of benzene rings is 2. The third kappa shape index (κ3) is 4.34. The van der Waals surface area contributed by atoms with Crippen molar-refractivity contribution in [1.29, 1.82) is 0 Å². The number of rotatable bonds is 6. The van der Waals surface area contributed by atoms with Gasteiger partial charge in [0.25, 0.3) is 0 Å². The van der Waals surface area contributed by atoms with Crippen LogP contribution in [0.2, 0.25) is 5.02 Å². The average Bonchev–Trinajstić information content (AvgIpc) is 2.47. The van der Waals surface area contributed by atoms with Crippen LogP contribution >= 0.6 is 27.5 Å². The van der Waals surface area contributed by atoms with Gasteiger partial charge in [-0.2, -0.15) is 0 Å². The van der Waals surface area contributed by atoms with Gasteiger partial charge in [0.1, 0.15) is 0 Å². The lowest BCUT2D eigenvalue weighted by Crippen LogP contribution is -2.21. The smallest absolute Gasteiger partial charge is 0.0410 e. The fourth-order valence-corrected chi connectivity index (χ4v) is 2.85. The SMILES string of the molecule is CCCC(NCc1cc(Cl)ccc1Br)c1ccccc1. The van der Waals surface area contributed by atoms with Crippen molar-refractivity contribution >= 4 is 27.5 Å². The number of hydrogen-bond acceptors (Lipinski definition) is 1. The molecule has 106 valence electrons. The van der Waals surface area contributed by atoms with Gasteiger partial charge in [0.15, 0.2) is 0 Å². The maximum absolute atomic E-state index is 6.06. The molecular formula is C17H19BrClN. The normalized spacial score (nSPS) is 12.3. The quantitative estimate of drug-likeness (QED) is 0.699. The second-order valence-electron chi connectivity index (χ2n) is 4.87. The minimum atomic E-state index is 0.382. The molecule has 3 heteroatoms. The summed E-state index contributed by atoms with van der Waals surface area (Å²) in [6.45, 7) is 3.02.